The number of hydrogen-bond acceptors (Lipinski definition) is 3. The summed E-state index contributed by atoms with van der Waals surface area (Å²) in [5, 5.41) is 5.96. The Morgan fingerprint density at radius 1 is 1.21 bits per heavy atom. The molecule has 1 aliphatic heterocycles. The zero-order valence-corrected chi connectivity index (χ0v) is 17.8. The van der Waals surface area contributed by atoms with E-state index in [4.69, 9.17) is 16.3 Å². The summed E-state index contributed by atoms with van der Waals surface area (Å²) in [5.74, 6) is 0.905. The largest absolute Gasteiger partial charge is 0.490 e. The van der Waals surface area contributed by atoms with Crippen LogP contribution in [-0.4, -0.2) is 25.1 Å². The van der Waals surface area contributed by atoms with Gasteiger partial charge in [0.2, 0.25) is 5.91 Å². The summed E-state index contributed by atoms with van der Waals surface area (Å²) in [6.07, 6.45) is 0. The summed E-state index contributed by atoms with van der Waals surface area (Å²) in [4.78, 5) is 27.1. The molecule has 0 saturated carbocycles. The van der Waals surface area contributed by atoms with Crippen molar-refractivity contribution in [3.05, 3.63) is 47.5 Å². The number of rotatable bonds is 4. The van der Waals surface area contributed by atoms with Gasteiger partial charge in [0.15, 0.2) is 0 Å². The van der Waals surface area contributed by atoms with Gasteiger partial charge >= 0.3 is 6.03 Å². The second-order valence-electron chi connectivity index (χ2n) is 8.22. The van der Waals surface area contributed by atoms with Crippen molar-refractivity contribution in [1.29, 1.82) is 0 Å². The summed E-state index contributed by atoms with van der Waals surface area (Å²) >= 11 is 6.08. The van der Waals surface area contributed by atoms with Crippen LogP contribution in [0.1, 0.15) is 27.7 Å². The Morgan fingerprint density at radius 3 is 2.62 bits per heavy atom. The van der Waals surface area contributed by atoms with Crippen LogP contribution in [-0.2, 0) is 4.79 Å². The molecule has 154 valence electrons. The molecule has 6 nitrogen and oxygen atoms in total. The van der Waals surface area contributed by atoms with Crippen LogP contribution in [0.4, 0.5) is 21.9 Å². The van der Waals surface area contributed by atoms with E-state index < -0.39 is 11.4 Å². The Bertz CT molecular complexity index is 927. The lowest BCUT2D eigenvalue weighted by atomic mass is 9.92. The minimum atomic E-state index is -0.636. The van der Waals surface area contributed by atoms with Gasteiger partial charge in [-0.3, -0.25) is 4.79 Å². The number of carbonyl (C=O) groups is 2. The van der Waals surface area contributed by atoms with Crippen molar-refractivity contribution in [3.63, 3.8) is 0 Å². The topological polar surface area (TPSA) is 70.7 Å². The first-order valence-electron chi connectivity index (χ1n) is 9.59. The lowest BCUT2D eigenvalue weighted by molar-refractivity contribution is -0.127. The van der Waals surface area contributed by atoms with Crippen LogP contribution in [0.15, 0.2) is 42.5 Å². The molecule has 29 heavy (non-hydrogen) atoms. The summed E-state index contributed by atoms with van der Waals surface area (Å²) in [6, 6.07) is 11.9. The third-order valence-corrected chi connectivity index (χ3v) is 4.92. The maximum Gasteiger partial charge on any atom is 0.323 e. The molecule has 0 aromatic heterocycles. The van der Waals surface area contributed by atoms with E-state index in [0.717, 1.165) is 0 Å². The minimum Gasteiger partial charge on any atom is -0.490 e. The molecule has 0 saturated heterocycles. The van der Waals surface area contributed by atoms with Gasteiger partial charge in [0.1, 0.15) is 12.4 Å². The van der Waals surface area contributed by atoms with Crippen molar-refractivity contribution >= 4 is 40.6 Å². The van der Waals surface area contributed by atoms with Gasteiger partial charge in [0.05, 0.1) is 21.8 Å². The normalized spacial score (nSPS) is 15.4. The van der Waals surface area contributed by atoms with Crippen LogP contribution < -0.4 is 20.3 Å². The second kappa shape index (κ2) is 8.33. The van der Waals surface area contributed by atoms with E-state index in [9.17, 15) is 9.59 Å². The number of hydrogen-bond donors (Lipinski definition) is 2. The summed E-state index contributed by atoms with van der Waals surface area (Å²) in [5.41, 5.74) is 1.16. The van der Waals surface area contributed by atoms with Crippen molar-refractivity contribution in [1.82, 2.24) is 0 Å². The van der Waals surface area contributed by atoms with Crippen molar-refractivity contribution < 1.29 is 14.3 Å². The Kier molecular flexibility index (Phi) is 6.03. The van der Waals surface area contributed by atoms with E-state index in [2.05, 4.69) is 24.5 Å². The fourth-order valence-electron chi connectivity index (χ4n) is 3.12. The lowest BCUT2D eigenvalue weighted by Gasteiger charge is -2.29. The fraction of sp³-hybridized carbons (Fsp3) is 0.364. The van der Waals surface area contributed by atoms with Gasteiger partial charge in [-0.2, -0.15) is 0 Å². The van der Waals surface area contributed by atoms with Crippen LogP contribution in [0.3, 0.4) is 0 Å². The molecule has 0 bridgehead atoms. The Balaban J connectivity index is 1.83. The average Bonchev–Trinajstić information content (AvgIpc) is 2.74. The summed E-state index contributed by atoms with van der Waals surface area (Å²) in [6.45, 7) is 8.76. The van der Waals surface area contributed by atoms with Crippen LogP contribution in [0.5, 0.6) is 5.75 Å². The predicted molar refractivity (Wildman–Crippen MR) is 117 cm³/mol. The van der Waals surface area contributed by atoms with E-state index >= 15 is 0 Å². The molecule has 1 aliphatic rings. The molecule has 2 aromatic carbocycles. The summed E-state index contributed by atoms with van der Waals surface area (Å²) < 4.78 is 5.95. The standard InChI is InChI=1S/C22H26ClN3O3/c1-14(2)12-26-18-10-9-15(11-19(18)29-13-22(3,4)20(26)27)24-21(28)25-17-8-6-5-7-16(17)23/h5-11,14H,12-13H2,1-4H3,(H2,24,25,28). The number of nitrogens with zero attached hydrogens (tertiary/aromatic N) is 1. The molecule has 0 aliphatic carbocycles. The average molecular weight is 416 g/mol. The minimum absolute atomic E-state index is 0.0297. The van der Waals surface area contributed by atoms with Crippen molar-refractivity contribution in [2.24, 2.45) is 11.3 Å². The molecule has 0 radical (unpaired) electrons. The molecule has 3 rings (SSSR count). The number of fused-ring (bicyclic) bond motifs is 1. The zero-order valence-electron chi connectivity index (χ0n) is 17.1. The zero-order chi connectivity index (χ0) is 21.2. The molecule has 2 N–H and O–H groups in total. The predicted octanol–water partition coefficient (Wildman–Crippen LogP) is 5.39. The molecule has 0 atom stereocenters. The quantitative estimate of drug-likeness (QED) is 0.703. The SMILES string of the molecule is CC(C)CN1C(=O)C(C)(C)COc2cc(NC(=O)Nc3ccccc3Cl)ccc21. The van der Waals surface area contributed by atoms with Gasteiger partial charge in [-0.25, -0.2) is 4.79 Å². The fourth-order valence-corrected chi connectivity index (χ4v) is 3.30. The third-order valence-electron chi connectivity index (χ3n) is 4.59. The van der Waals surface area contributed by atoms with E-state index in [1.807, 2.05) is 19.9 Å². The molecule has 3 amide bonds. The Morgan fingerprint density at radius 2 is 1.93 bits per heavy atom. The maximum atomic E-state index is 13.0. The molecule has 1 heterocycles. The van der Waals surface area contributed by atoms with E-state index in [-0.39, 0.29) is 12.5 Å². The number of urea groups is 1. The van der Waals surface area contributed by atoms with Crippen LogP contribution >= 0.6 is 11.6 Å². The number of halogens is 1. The number of benzene rings is 2. The number of carbonyl (C=O) groups excluding carboxylic acids is 2. The van der Waals surface area contributed by atoms with Gasteiger partial charge in [0, 0.05) is 18.3 Å². The van der Waals surface area contributed by atoms with E-state index in [1.54, 1.807) is 41.3 Å². The first-order valence-corrected chi connectivity index (χ1v) is 9.96. The Hall–Kier alpha value is -2.73. The highest BCUT2D eigenvalue weighted by Crippen LogP contribution is 2.38. The van der Waals surface area contributed by atoms with Crippen molar-refractivity contribution in [3.8, 4) is 5.75 Å². The first kappa shape index (κ1) is 21.0. The van der Waals surface area contributed by atoms with Gasteiger partial charge in [-0.05, 0) is 44.0 Å². The van der Waals surface area contributed by atoms with Crippen molar-refractivity contribution in [2.75, 3.05) is 28.7 Å². The lowest BCUT2D eigenvalue weighted by Crippen LogP contribution is -2.43. The van der Waals surface area contributed by atoms with Crippen LogP contribution in [0.25, 0.3) is 0 Å². The molecular weight excluding hydrogens is 390 g/mol. The molecule has 2 aromatic rings. The molecule has 0 spiro atoms. The van der Waals surface area contributed by atoms with Gasteiger partial charge in [0.25, 0.3) is 0 Å². The number of para-hydroxylation sites is 1. The third kappa shape index (κ3) is 4.82. The Labute approximate surface area is 176 Å². The highest BCUT2D eigenvalue weighted by Gasteiger charge is 2.38. The number of amides is 3. The van der Waals surface area contributed by atoms with Crippen LogP contribution in [0.2, 0.25) is 5.02 Å². The maximum absolute atomic E-state index is 13.0. The van der Waals surface area contributed by atoms with Crippen LogP contribution in [0, 0.1) is 11.3 Å². The van der Waals surface area contributed by atoms with Gasteiger partial charge in [-0.15, -0.1) is 0 Å². The first-order chi connectivity index (χ1) is 13.7. The molecule has 0 unspecified atom stereocenters. The number of anilines is 3. The smallest absolute Gasteiger partial charge is 0.323 e. The number of ether oxygens (including phenoxy) is 1. The summed E-state index contributed by atoms with van der Waals surface area (Å²) in [7, 11) is 0. The van der Waals surface area contributed by atoms with E-state index in [0.29, 0.717) is 40.3 Å². The number of nitrogens with one attached hydrogen (secondary N) is 2. The van der Waals surface area contributed by atoms with Crippen molar-refractivity contribution in [2.45, 2.75) is 27.7 Å². The monoisotopic (exact) mass is 415 g/mol. The van der Waals surface area contributed by atoms with E-state index in [1.165, 1.54) is 0 Å². The highest BCUT2D eigenvalue weighted by atomic mass is 35.5. The van der Waals surface area contributed by atoms with Gasteiger partial charge < -0.3 is 20.3 Å². The molecular formula is C22H26ClN3O3. The second-order valence-corrected chi connectivity index (χ2v) is 8.63. The molecule has 7 heteroatoms. The molecule has 0 fully saturated rings. The van der Waals surface area contributed by atoms with Gasteiger partial charge in [-0.1, -0.05) is 37.6 Å². The highest BCUT2D eigenvalue weighted by molar-refractivity contribution is 6.33.